The largest absolute Gasteiger partial charge is 0.423 e. The van der Waals surface area contributed by atoms with Crippen molar-refractivity contribution in [2.24, 2.45) is 11.8 Å². The van der Waals surface area contributed by atoms with Crippen LogP contribution < -0.4 is 0 Å². The molecule has 1 saturated heterocycles. The van der Waals surface area contributed by atoms with Crippen LogP contribution in [-0.2, 0) is 15.1 Å². The van der Waals surface area contributed by atoms with Gasteiger partial charge in [0.1, 0.15) is 6.26 Å². The van der Waals surface area contributed by atoms with Gasteiger partial charge in [0.2, 0.25) is 5.60 Å². The molecule has 2 aromatic carbocycles. The van der Waals surface area contributed by atoms with E-state index in [0.29, 0.717) is 17.2 Å². The van der Waals surface area contributed by atoms with Crippen LogP contribution in [0, 0.1) is 11.8 Å². The molecule has 4 nitrogen and oxygen atoms in total. The lowest BCUT2D eigenvalue weighted by Crippen LogP contribution is -2.37. The lowest BCUT2D eigenvalue weighted by atomic mass is 9.86. The molecular formula is C24H25NO3. The van der Waals surface area contributed by atoms with E-state index < -0.39 is 11.6 Å². The molecule has 0 aromatic heterocycles. The first-order valence-electron chi connectivity index (χ1n) is 9.78. The molecule has 4 rings (SSSR count). The Morgan fingerprint density at radius 3 is 2.32 bits per heavy atom. The Hall–Kier alpha value is -2.65. The molecule has 4 heteroatoms. The van der Waals surface area contributed by atoms with Crippen molar-refractivity contribution in [3.63, 3.8) is 0 Å². The Morgan fingerprint density at radius 1 is 1.18 bits per heavy atom. The predicted molar refractivity (Wildman–Crippen MR) is 107 cm³/mol. The summed E-state index contributed by atoms with van der Waals surface area (Å²) in [7, 11) is 0. The van der Waals surface area contributed by atoms with E-state index in [1.807, 2.05) is 18.2 Å². The number of likely N-dealkylation sites (tertiary alicyclic amines) is 1. The highest BCUT2D eigenvalue weighted by Crippen LogP contribution is 2.49. The highest BCUT2D eigenvalue weighted by molar-refractivity contribution is 5.85. The number of hydrogen-bond acceptors (Lipinski definition) is 4. The second-order valence-electron chi connectivity index (χ2n) is 7.69. The van der Waals surface area contributed by atoms with Gasteiger partial charge in [-0.3, -0.25) is 4.90 Å². The van der Waals surface area contributed by atoms with Gasteiger partial charge in [-0.2, -0.15) is 0 Å². The zero-order valence-electron chi connectivity index (χ0n) is 16.0. The minimum Gasteiger partial charge on any atom is -0.423 e. The Labute approximate surface area is 165 Å². The van der Waals surface area contributed by atoms with Gasteiger partial charge in [-0.25, -0.2) is 4.79 Å². The van der Waals surface area contributed by atoms with Gasteiger partial charge in [-0.05, 0) is 42.4 Å². The topological polar surface area (TPSA) is 49.8 Å². The molecule has 1 aliphatic carbocycles. The summed E-state index contributed by atoms with van der Waals surface area (Å²) in [5.41, 5.74) is 1.99. The molecule has 2 fully saturated rings. The van der Waals surface area contributed by atoms with Crippen LogP contribution in [0.1, 0.15) is 24.5 Å². The fourth-order valence-electron chi connectivity index (χ4n) is 4.20. The number of fused-ring (bicyclic) bond motifs is 1. The number of piperidine rings is 1. The van der Waals surface area contributed by atoms with Crippen LogP contribution >= 0.6 is 0 Å². The molecule has 0 amide bonds. The molecule has 3 atom stereocenters. The number of hydrogen-bond donors (Lipinski definition) is 1. The number of carbonyl (C=O) groups is 1. The molecule has 2 aromatic rings. The van der Waals surface area contributed by atoms with E-state index in [4.69, 9.17) is 4.74 Å². The summed E-state index contributed by atoms with van der Waals surface area (Å²) < 4.78 is 5.26. The van der Waals surface area contributed by atoms with Crippen LogP contribution in [0.2, 0.25) is 0 Å². The molecule has 1 aliphatic heterocycles. The van der Waals surface area contributed by atoms with Gasteiger partial charge < -0.3 is 9.84 Å². The summed E-state index contributed by atoms with van der Waals surface area (Å²) in [6.45, 7) is 4.21. The van der Waals surface area contributed by atoms with Gasteiger partial charge in [0.05, 0.1) is 0 Å². The molecule has 0 bridgehead atoms. The zero-order chi connectivity index (χ0) is 19.6. The number of aliphatic hydroxyl groups is 1. The summed E-state index contributed by atoms with van der Waals surface area (Å²) in [5, 5.41) is 11.3. The molecule has 1 N–H and O–H groups in total. The standard InChI is InChI=1S/C24H25NO3/c1-18-22-16-19(22)17-25(18)14-8-9-15-28-23(26)24(27,20-10-4-2-5-11-20)21-12-6-3-7-13-21/h2-8,10-13,15,18-19,22,27H,14,16-17H2,1H3/t9?,18?,19-,22+/m0/s1. The molecule has 0 spiro atoms. The maximum Gasteiger partial charge on any atom is 0.353 e. The fourth-order valence-corrected chi connectivity index (χ4v) is 4.20. The quantitative estimate of drug-likeness (QED) is 0.477. The van der Waals surface area contributed by atoms with Crippen molar-refractivity contribution in [2.75, 3.05) is 13.1 Å². The summed E-state index contributed by atoms with van der Waals surface area (Å²) in [6, 6.07) is 18.3. The van der Waals surface area contributed by atoms with E-state index in [-0.39, 0.29) is 0 Å². The lowest BCUT2D eigenvalue weighted by Gasteiger charge is -2.26. The van der Waals surface area contributed by atoms with Crippen molar-refractivity contribution in [3.05, 3.63) is 89.9 Å². The average Bonchev–Trinajstić information content (AvgIpc) is 3.45. The Bertz CT molecular complexity index is 847. The SMILES string of the molecule is CC1[C@H]2C[C@H]2CN1CC=C=COC(=O)C(O)(c1ccccc1)c1ccccc1. The Kier molecular flexibility index (Phi) is 5.19. The highest BCUT2D eigenvalue weighted by atomic mass is 16.5. The minimum absolute atomic E-state index is 0.466. The normalized spacial score (nSPS) is 23.4. The van der Waals surface area contributed by atoms with Gasteiger partial charge in [-0.1, -0.05) is 66.4 Å². The summed E-state index contributed by atoms with van der Waals surface area (Å²) in [5.74, 6) is 0.987. The Morgan fingerprint density at radius 2 is 1.79 bits per heavy atom. The first-order valence-corrected chi connectivity index (χ1v) is 9.78. The van der Waals surface area contributed by atoms with Gasteiger partial charge in [-0.15, -0.1) is 0 Å². The van der Waals surface area contributed by atoms with Gasteiger partial charge in [0.25, 0.3) is 0 Å². The zero-order valence-corrected chi connectivity index (χ0v) is 16.0. The maximum atomic E-state index is 12.8. The number of rotatable bonds is 6. The van der Waals surface area contributed by atoms with Crippen LogP contribution in [0.4, 0.5) is 0 Å². The van der Waals surface area contributed by atoms with E-state index in [1.165, 1.54) is 12.7 Å². The molecule has 1 heterocycles. The van der Waals surface area contributed by atoms with Crippen molar-refractivity contribution in [1.82, 2.24) is 4.90 Å². The molecule has 1 saturated carbocycles. The van der Waals surface area contributed by atoms with Gasteiger partial charge >= 0.3 is 5.97 Å². The smallest absolute Gasteiger partial charge is 0.353 e. The highest BCUT2D eigenvalue weighted by Gasteiger charge is 2.49. The molecule has 0 radical (unpaired) electrons. The minimum atomic E-state index is -1.87. The fraction of sp³-hybridized carbons (Fsp3) is 0.333. The van der Waals surface area contributed by atoms with Crippen molar-refractivity contribution >= 4 is 5.97 Å². The summed E-state index contributed by atoms with van der Waals surface area (Å²) in [6.07, 6.45) is 4.48. The molecular weight excluding hydrogens is 350 g/mol. The first-order chi connectivity index (χ1) is 13.6. The molecule has 144 valence electrons. The van der Waals surface area contributed by atoms with E-state index >= 15 is 0 Å². The van der Waals surface area contributed by atoms with Gasteiger partial charge in [0, 0.05) is 19.1 Å². The maximum absolute atomic E-state index is 12.8. The van der Waals surface area contributed by atoms with Crippen LogP contribution in [-0.4, -0.2) is 35.1 Å². The van der Waals surface area contributed by atoms with E-state index in [2.05, 4.69) is 17.6 Å². The monoisotopic (exact) mass is 375 g/mol. The number of esters is 1. The molecule has 2 aliphatic rings. The third kappa shape index (κ3) is 3.55. The van der Waals surface area contributed by atoms with Crippen molar-refractivity contribution in [1.29, 1.82) is 0 Å². The second-order valence-corrected chi connectivity index (χ2v) is 7.69. The van der Waals surface area contributed by atoms with Crippen molar-refractivity contribution in [3.8, 4) is 0 Å². The number of ether oxygens (including phenoxy) is 1. The van der Waals surface area contributed by atoms with Crippen molar-refractivity contribution in [2.45, 2.75) is 25.0 Å². The van der Waals surface area contributed by atoms with Crippen molar-refractivity contribution < 1.29 is 14.6 Å². The van der Waals surface area contributed by atoms with Crippen LogP contribution in [0.5, 0.6) is 0 Å². The number of benzene rings is 2. The third-order valence-corrected chi connectivity index (χ3v) is 6.00. The van der Waals surface area contributed by atoms with E-state index in [9.17, 15) is 9.90 Å². The number of carbonyl (C=O) groups excluding carboxylic acids is 1. The summed E-state index contributed by atoms with van der Waals surface area (Å²) in [4.78, 5) is 15.2. The van der Waals surface area contributed by atoms with E-state index in [1.54, 1.807) is 48.5 Å². The second kappa shape index (κ2) is 7.76. The average molecular weight is 375 g/mol. The number of nitrogens with zero attached hydrogens (tertiary/aromatic N) is 1. The van der Waals surface area contributed by atoms with Crippen LogP contribution in [0.3, 0.4) is 0 Å². The Balaban J connectivity index is 1.46. The molecule has 28 heavy (non-hydrogen) atoms. The van der Waals surface area contributed by atoms with Gasteiger partial charge in [0.15, 0.2) is 0 Å². The molecule has 1 unspecified atom stereocenters. The van der Waals surface area contributed by atoms with Crippen LogP contribution in [0.15, 0.2) is 78.7 Å². The van der Waals surface area contributed by atoms with Crippen LogP contribution in [0.25, 0.3) is 0 Å². The van der Waals surface area contributed by atoms with E-state index in [0.717, 1.165) is 24.9 Å². The first kappa shape index (κ1) is 18.7. The third-order valence-electron chi connectivity index (χ3n) is 6.00. The predicted octanol–water partition coefficient (Wildman–Crippen LogP) is 3.47. The summed E-state index contributed by atoms with van der Waals surface area (Å²) >= 11 is 0. The lowest BCUT2D eigenvalue weighted by molar-refractivity contribution is -0.156.